The van der Waals surface area contributed by atoms with Crippen LogP contribution in [0.5, 0.6) is 0 Å². The molecule has 3 rings (SSSR count). The van der Waals surface area contributed by atoms with E-state index >= 15 is 0 Å². The van der Waals surface area contributed by atoms with Crippen LogP contribution in [-0.2, 0) is 9.47 Å². The third-order valence-electron chi connectivity index (χ3n) is 4.36. The molecule has 1 aromatic carbocycles. The van der Waals surface area contributed by atoms with Gasteiger partial charge in [-0.3, -0.25) is 14.3 Å². The molecule has 1 aromatic heterocycles. The summed E-state index contributed by atoms with van der Waals surface area (Å²) in [5.41, 5.74) is 0.687. The number of aromatic nitrogens is 2. The number of aryl methyl sites for hydroxylation is 2. The maximum atomic E-state index is 12.3. The summed E-state index contributed by atoms with van der Waals surface area (Å²) in [4.78, 5) is 38.0. The molecule has 1 fully saturated rings. The molecule has 1 saturated heterocycles. The minimum atomic E-state index is -0.756. The molecular weight excluding hydrogens is 340 g/mol. The average Bonchev–Trinajstić information content (AvgIpc) is 3.01. The van der Waals surface area contributed by atoms with Crippen LogP contribution in [0.2, 0.25) is 0 Å². The molecule has 0 unspecified atom stereocenters. The van der Waals surface area contributed by atoms with E-state index in [2.05, 4.69) is 4.98 Å². The number of rotatable bonds is 4. The topological polar surface area (TPSA) is 111 Å². The number of hydrogen-bond donors (Lipinski definition) is 2. The van der Waals surface area contributed by atoms with Crippen molar-refractivity contribution in [1.29, 1.82) is 0 Å². The van der Waals surface area contributed by atoms with Crippen molar-refractivity contribution in [2.24, 2.45) is 0 Å². The SMILES string of the molecule is Cc1ccc(C(=O)O[C@@H]2C[C@H](n3cc(C)c(=O)[nH]c3=O)O[C@@H]2CO)cc1. The maximum Gasteiger partial charge on any atom is 0.338 e. The van der Waals surface area contributed by atoms with Crippen LogP contribution in [0.4, 0.5) is 0 Å². The molecule has 3 atom stereocenters. The molecule has 1 aliphatic rings. The van der Waals surface area contributed by atoms with E-state index in [1.807, 2.05) is 6.92 Å². The van der Waals surface area contributed by atoms with E-state index in [9.17, 15) is 19.5 Å². The van der Waals surface area contributed by atoms with Crippen LogP contribution >= 0.6 is 0 Å². The number of H-pyrrole nitrogens is 1. The fourth-order valence-electron chi connectivity index (χ4n) is 2.85. The van der Waals surface area contributed by atoms with E-state index in [4.69, 9.17) is 9.47 Å². The Kier molecular flexibility index (Phi) is 5.06. The number of carbonyl (C=O) groups excluding carboxylic acids is 1. The number of aliphatic hydroxyl groups excluding tert-OH is 1. The minimum absolute atomic E-state index is 0.189. The van der Waals surface area contributed by atoms with Gasteiger partial charge < -0.3 is 14.6 Å². The van der Waals surface area contributed by atoms with E-state index in [0.29, 0.717) is 11.1 Å². The first-order valence-corrected chi connectivity index (χ1v) is 8.25. The molecule has 26 heavy (non-hydrogen) atoms. The Morgan fingerprint density at radius 3 is 2.65 bits per heavy atom. The highest BCUT2D eigenvalue weighted by Gasteiger charge is 2.39. The molecule has 0 bridgehead atoms. The monoisotopic (exact) mass is 360 g/mol. The summed E-state index contributed by atoms with van der Waals surface area (Å²) in [6.45, 7) is 3.12. The van der Waals surface area contributed by atoms with Gasteiger partial charge in [0.15, 0.2) is 0 Å². The van der Waals surface area contributed by atoms with Gasteiger partial charge in [0.2, 0.25) is 0 Å². The molecule has 0 radical (unpaired) electrons. The van der Waals surface area contributed by atoms with Crippen molar-refractivity contribution < 1.29 is 19.4 Å². The van der Waals surface area contributed by atoms with Crippen LogP contribution in [0, 0.1) is 13.8 Å². The number of carbonyl (C=O) groups is 1. The van der Waals surface area contributed by atoms with Crippen molar-refractivity contribution >= 4 is 5.97 Å². The Morgan fingerprint density at radius 1 is 1.31 bits per heavy atom. The quantitative estimate of drug-likeness (QED) is 0.775. The Hall–Kier alpha value is -2.71. The summed E-state index contributed by atoms with van der Waals surface area (Å²) in [7, 11) is 0. The zero-order valence-corrected chi connectivity index (χ0v) is 14.5. The van der Waals surface area contributed by atoms with Crippen molar-refractivity contribution in [3.05, 3.63) is 68.0 Å². The second-order valence-corrected chi connectivity index (χ2v) is 6.34. The Labute approximate surface area is 149 Å². The number of aromatic amines is 1. The lowest BCUT2D eigenvalue weighted by Crippen LogP contribution is -2.33. The van der Waals surface area contributed by atoms with Gasteiger partial charge in [0.25, 0.3) is 5.56 Å². The average molecular weight is 360 g/mol. The fourth-order valence-corrected chi connectivity index (χ4v) is 2.85. The van der Waals surface area contributed by atoms with Gasteiger partial charge >= 0.3 is 11.7 Å². The first-order chi connectivity index (χ1) is 12.4. The van der Waals surface area contributed by atoms with E-state index in [1.54, 1.807) is 31.2 Å². The summed E-state index contributed by atoms with van der Waals surface area (Å²) in [6.07, 6.45) is -0.629. The molecule has 2 N–H and O–H groups in total. The molecule has 0 saturated carbocycles. The number of nitrogens with zero attached hydrogens (tertiary/aromatic N) is 1. The van der Waals surface area contributed by atoms with E-state index < -0.39 is 35.7 Å². The Morgan fingerprint density at radius 2 is 2.00 bits per heavy atom. The van der Waals surface area contributed by atoms with Crippen LogP contribution in [-0.4, -0.2) is 39.4 Å². The van der Waals surface area contributed by atoms with Crippen molar-refractivity contribution in [3.8, 4) is 0 Å². The highest BCUT2D eigenvalue weighted by Crippen LogP contribution is 2.30. The number of benzene rings is 1. The Bertz CT molecular complexity index is 915. The molecule has 0 spiro atoms. The first kappa shape index (κ1) is 18.1. The third kappa shape index (κ3) is 3.61. The predicted molar refractivity (Wildman–Crippen MR) is 92.1 cm³/mol. The molecular formula is C18H20N2O6. The van der Waals surface area contributed by atoms with Gasteiger partial charge in [-0.25, -0.2) is 9.59 Å². The molecule has 2 heterocycles. The van der Waals surface area contributed by atoms with Gasteiger partial charge in [0, 0.05) is 18.2 Å². The van der Waals surface area contributed by atoms with Gasteiger partial charge in [-0.1, -0.05) is 17.7 Å². The standard InChI is InChI=1S/C18H20N2O6/c1-10-3-5-12(6-4-10)17(23)26-13-7-15(25-14(13)9-21)20-8-11(2)16(22)19-18(20)24/h3-6,8,13-15,21H,7,9H2,1-2H3,(H,19,22,24)/t13-,14-,15-/m1/s1. The van der Waals surface area contributed by atoms with E-state index in [1.165, 1.54) is 10.8 Å². The van der Waals surface area contributed by atoms with Crippen LogP contribution in [0.1, 0.15) is 34.1 Å². The smallest absolute Gasteiger partial charge is 0.338 e. The van der Waals surface area contributed by atoms with Crippen molar-refractivity contribution in [2.75, 3.05) is 6.61 Å². The maximum absolute atomic E-state index is 12.3. The van der Waals surface area contributed by atoms with E-state index in [-0.39, 0.29) is 13.0 Å². The number of hydrogen-bond acceptors (Lipinski definition) is 6. The molecule has 0 aliphatic carbocycles. The van der Waals surface area contributed by atoms with Crippen LogP contribution in [0.25, 0.3) is 0 Å². The lowest BCUT2D eigenvalue weighted by atomic mass is 10.1. The zero-order valence-electron chi connectivity index (χ0n) is 14.5. The van der Waals surface area contributed by atoms with Gasteiger partial charge in [0.05, 0.1) is 12.2 Å². The number of ether oxygens (including phenoxy) is 2. The van der Waals surface area contributed by atoms with Gasteiger partial charge in [-0.15, -0.1) is 0 Å². The highest BCUT2D eigenvalue weighted by molar-refractivity contribution is 5.89. The summed E-state index contributed by atoms with van der Waals surface area (Å²) in [5, 5.41) is 9.53. The van der Waals surface area contributed by atoms with Crippen LogP contribution in [0.3, 0.4) is 0 Å². The molecule has 1 aliphatic heterocycles. The third-order valence-corrected chi connectivity index (χ3v) is 4.36. The molecule has 2 aromatic rings. The molecule has 8 heteroatoms. The van der Waals surface area contributed by atoms with Crippen LogP contribution in [0.15, 0.2) is 40.1 Å². The summed E-state index contributed by atoms with van der Waals surface area (Å²) in [5.74, 6) is -0.525. The highest BCUT2D eigenvalue weighted by atomic mass is 16.6. The van der Waals surface area contributed by atoms with Gasteiger partial charge in [0.1, 0.15) is 18.4 Å². The zero-order chi connectivity index (χ0) is 18.8. The predicted octanol–water partition coefficient (Wildman–Crippen LogP) is 0.659. The Balaban J connectivity index is 1.78. The lowest BCUT2D eigenvalue weighted by molar-refractivity contribution is -0.0522. The fraction of sp³-hybridized carbons (Fsp3) is 0.389. The van der Waals surface area contributed by atoms with Gasteiger partial charge in [-0.05, 0) is 26.0 Å². The largest absolute Gasteiger partial charge is 0.456 e. The normalized spacial score (nSPS) is 22.3. The molecule has 138 valence electrons. The second-order valence-electron chi connectivity index (χ2n) is 6.34. The lowest BCUT2D eigenvalue weighted by Gasteiger charge is -2.16. The second kappa shape index (κ2) is 7.27. The number of nitrogens with one attached hydrogen (secondary N) is 1. The van der Waals surface area contributed by atoms with E-state index in [0.717, 1.165) is 5.56 Å². The summed E-state index contributed by atoms with van der Waals surface area (Å²) in [6, 6.07) is 6.93. The van der Waals surface area contributed by atoms with Crippen molar-refractivity contribution in [2.45, 2.75) is 38.7 Å². The summed E-state index contributed by atoms with van der Waals surface area (Å²) < 4.78 is 12.4. The number of esters is 1. The van der Waals surface area contributed by atoms with Gasteiger partial charge in [-0.2, -0.15) is 0 Å². The van der Waals surface area contributed by atoms with Crippen molar-refractivity contribution in [1.82, 2.24) is 9.55 Å². The van der Waals surface area contributed by atoms with Crippen molar-refractivity contribution in [3.63, 3.8) is 0 Å². The summed E-state index contributed by atoms with van der Waals surface area (Å²) >= 11 is 0. The minimum Gasteiger partial charge on any atom is -0.456 e. The van der Waals surface area contributed by atoms with Crippen LogP contribution < -0.4 is 11.2 Å². The molecule has 8 nitrogen and oxygen atoms in total. The molecule has 0 amide bonds. The number of aliphatic hydroxyl groups is 1. The first-order valence-electron chi connectivity index (χ1n) is 8.25.